The van der Waals surface area contributed by atoms with Crippen molar-refractivity contribution in [1.29, 1.82) is 0 Å². The van der Waals surface area contributed by atoms with Crippen LogP contribution in [0, 0.1) is 26.7 Å². The Labute approximate surface area is 106 Å². The Balaban J connectivity index is 2.01. The lowest BCUT2D eigenvalue weighted by atomic mass is 9.81. The highest BCUT2D eigenvalue weighted by Gasteiger charge is 2.20. The molecule has 0 aromatic heterocycles. The van der Waals surface area contributed by atoms with Gasteiger partial charge in [0.15, 0.2) is 0 Å². The molecule has 2 rings (SSSR count). The normalized spacial score (nSPS) is 17.6. The molecule has 0 amide bonds. The molecule has 0 spiro atoms. The van der Waals surface area contributed by atoms with Crippen molar-refractivity contribution in [2.24, 2.45) is 5.92 Å². The number of nitrogens with one attached hydrogen (secondary N) is 1. The van der Waals surface area contributed by atoms with E-state index in [0.29, 0.717) is 6.04 Å². The van der Waals surface area contributed by atoms with E-state index in [1.54, 1.807) is 0 Å². The summed E-state index contributed by atoms with van der Waals surface area (Å²) in [6.07, 6.45) is 5.66. The highest BCUT2D eigenvalue weighted by molar-refractivity contribution is 5.58. The van der Waals surface area contributed by atoms with Crippen LogP contribution >= 0.6 is 0 Å². The Morgan fingerprint density at radius 2 is 1.76 bits per heavy atom. The monoisotopic (exact) mass is 231 g/mol. The van der Waals surface area contributed by atoms with Crippen molar-refractivity contribution in [3.05, 3.63) is 28.8 Å². The zero-order chi connectivity index (χ0) is 12.4. The molecule has 1 aliphatic carbocycles. The second kappa shape index (κ2) is 5.12. The molecule has 1 aromatic carbocycles. The third kappa shape index (κ3) is 3.02. The average molecular weight is 231 g/mol. The van der Waals surface area contributed by atoms with E-state index in [-0.39, 0.29) is 0 Å². The van der Waals surface area contributed by atoms with Gasteiger partial charge in [-0.15, -0.1) is 0 Å². The first-order valence-electron chi connectivity index (χ1n) is 6.90. The second-order valence-electron chi connectivity index (χ2n) is 5.85. The van der Waals surface area contributed by atoms with E-state index in [2.05, 4.69) is 45.1 Å². The molecular formula is C16H25N. The number of rotatable bonds is 4. The van der Waals surface area contributed by atoms with E-state index in [4.69, 9.17) is 0 Å². The summed E-state index contributed by atoms with van der Waals surface area (Å²) >= 11 is 0. The largest absolute Gasteiger partial charge is 0.382 e. The van der Waals surface area contributed by atoms with Crippen molar-refractivity contribution in [1.82, 2.24) is 0 Å². The summed E-state index contributed by atoms with van der Waals surface area (Å²) in [7, 11) is 0. The van der Waals surface area contributed by atoms with E-state index in [9.17, 15) is 0 Å². The van der Waals surface area contributed by atoms with Gasteiger partial charge in [0.25, 0.3) is 0 Å². The first-order chi connectivity index (χ1) is 8.06. The molecule has 0 aliphatic heterocycles. The summed E-state index contributed by atoms with van der Waals surface area (Å²) in [6, 6.07) is 5.14. The van der Waals surface area contributed by atoms with E-state index in [1.165, 1.54) is 48.1 Å². The molecule has 0 radical (unpaired) electrons. The molecule has 1 atom stereocenters. The van der Waals surface area contributed by atoms with Crippen LogP contribution in [0.4, 0.5) is 5.69 Å². The maximum absolute atomic E-state index is 3.70. The van der Waals surface area contributed by atoms with E-state index < -0.39 is 0 Å². The standard InChI is InChI=1S/C16H25N/c1-11-8-12(2)16(13(3)9-11)17-14(4)10-15-6-5-7-15/h8-9,14-15,17H,5-7,10H2,1-4H3. The maximum atomic E-state index is 3.70. The van der Waals surface area contributed by atoms with Crippen molar-refractivity contribution in [2.45, 2.75) is 59.4 Å². The molecule has 1 N–H and O–H groups in total. The van der Waals surface area contributed by atoms with Crippen LogP contribution in [0.2, 0.25) is 0 Å². The molecule has 1 saturated carbocycles. The predicted molar refractivity (Wildman–Crippen MR) is 75.7 cm³/mol. The van der Waals surface area contributed by atoms with Gasteiger partial charge in [0.05, 0.1) is 0 Å². The number of hydrogen-bond acceptors (Lipinski definition) is 1. The summed E-state index contributed by atoms with van der Waals surface area (Å²) < 4.78 is 0. The fraction of sp³-hybridized carbons (Fsp3) is 0.625. The molecule has 0 heterocycles. The Kier molecular flexibility index (Phi) is 3.76. The third-order valence-corrected chi connectivity index (χ3v) is 3.98. The van der Waals surface area contributed by atoms with Crippen molar-refractivity contribution in [3.63, 3.8) is 0 Å². The quantitative estimate of drug-likeness (QED) is 0.798. The van der Waals surface area contributed by atoms with Crippen LogP contribution in [0.25, 0.3) is 0 Å². The maximum Gasteiger partial charge on any atom is 0.0401 e. The molecule has 17 heavy (non-hydrogen) atoms. The van der Waals surface area contributed by atoms with Gasteiger partial charge in [0, 0.05) is 11.7 Å². The van der Waals surface area contributed by atoms with Gasteiger partial charge in [-0.25, -0.2) is 0 Å². The van der Waals surface area contributed by atoms with Crippen LogP contribution in [-0.2, 0) is 0 Å². The smallest absolute Gasteiger partial charge is 0.0401 e. The molecule has 1 unspecified atom stereocenters. The van der Waals surface area contributed by atoms with Crippen LogP contribution < -0.4 is 5.32 Å². The lowest BCUT2D eigenvalue weighted by Crippen LogP contribution is -2.24. The van der Waals surface area contributed by atoms with Gasteiger partial charge < -0.3 is 5.32 Å². The zero-order valence-corrected chi connectivity index (χ0v) is 11.6. The highest BCUT2D eigenvalue weighted by Crippen LogP contribution is 2.32. The molecule has 0 bridgehead atoms. The molecule has 1 aliphatic rings. The summed E-state index contributed by atoms with van der Waals surface area (Å²) in [4.78, 5) is 0. The minimum Gasteiger partial charge on any atom is -0.382 e. The van der Waals surface area contributed by atoms with Gasteiger partial charge in [-0.1, -0.05) is 37.0 Å². The molecule has 94 valence electrons. The van der Waals surface area contributed by atoms with Crippen molar-refractivity contribution < 1.29 is 0 Å². The van der Waals surface area contributed by atoms with Gasteiger partial charge in [-0.05, 0) is 51.2 Å². The number of aryl methyl sites for hydroxylation is 3. The van der Waals surface area contributed by atoms with E-state index in [1.807, 2.05) is 0 Å². The topological polar surface area (TPSA) is 12.0 Å². The Morgan fingerprint density at radius 1 is 1.18 bits per heavy atom. The summed E-state index contributed by atoms with van der Waals surface area (Å²) in [6.45, 7) is 8.90. The van der Waals surface area contributed by atoms with Gasteiger partial charge in [0.2, 0.25) is 0 Å². The van der Waals surface area contributed by atoms with Crippen LogP contribution in [0.1, 0.15) is 49.3 Å². The molecule has 1 fully saturated rings. The highest BCUT2D eigenvalue weighted by atomic mass is 14.9. The first kappa shape index (κ1) is 12.5. The van der Waals surface area contributed by atoms with Crippen LogP contribution in [0.3, 0.4) is 0 Å². The SMILES string of the molecule is Cc1cc(C)c(NC(C)CC2CCC2)c(C)c1. The Hall–Kier alpha value is -0.980. The van der Waals surface area contributed by atoms with E-state index in [0.717, 1.165) is 5.92 Å². The van der Waals surface area contributed by atoms with Gasteiger partial charge in [-0.3, -0.25) is 0 Å². The summed E-state index contributed by atoms with van der Waals surface area (Å²) in [5, 5.41) is 3.70. The first-order valence-corrected chi connectivity index (χ1v) is 6.90. The number of benzene rings is 1. The Bertz CT molecular complexity index is 368. The predicted octanol–water partition coefficient (Wildman–Crippen LogP) is 4.60. The third-order valence-electron chi connectivity index (χ3n) is 3.98. The average Bonchev–Trinajstić information content (AvgIpc) is 2.17. The minimum atomic E-state index is 0.598. The van der Waals surface area contributed by atoms with Crippen molar-refractivity contribution >= 4 is 5.69 Å². The lowest BCUT2D eigenvalue weighted by molar-refractivity contribution is 0.286. The van der Waals surface area contributed by atoms with Gasteiger partial charge in [-0.2, -0.15) is 0 Å². The fourth-order valence-electron chi connectivity index (χ4n) is 2.94. The molecule has 1 heteroatoms. The minimum absolute atomic E-state index is 0.598. The van der Waals surface area contributed by atoms with Crippen LogP contribution in [0.15, 0.2) is 12.1 Å². The van der Waals surface area contributed by atoms with Crippen molar-refractivity contribution in [3.8, 4) is 0 Å². The van der Waals surface area contributed by atoms with E-state index >= 15 is 0 Å². The number of hydrogen-bond donors (Lipinski definition) is 1. The van der Waals surface area contributed by atoms with Gasteiger partial charge >= 0.3 is 0 Å². The van der Waals surface area contributed by atoms with Crippen molar-refractivity contribution in [2.75, 3.05) is 5.32 Å². The van der Waals surface area contributed by atoms with Gasteiger partial charge in [0.1, 0.15) is 0 Å². The van der Waals surface area contributed by atoms with Crippen LogP contribution in [-0.4, -0.2) is 6.04 Å². The second-order valence-corrected chi connectivity index (χ2v) is 5.85. The molecule has 0 saturated heterocycles. The lowest BCUT2D eigenvalue weighted by Gasteiger charge is -2.29. The summed E-state index contributed by atoms with van der Waals surface area (Å²) in [5.74, 6) is 0.976. The molecular weight excluding hydrogens is 206 g/mol. The Morgan fingerprint density at radius 3 is 2.24 bits per heavy atom. The fourth-order valence-corrected chi connectivity index (χ4v) is 2.94. The molecule has 1 aromatic rings. The van der Waals surface area contributed by atoms with Crippen LogP contribution in [0.5, 0.6) is 0 Å². The number of anilines is 1. The summed E-state index contributed by atoms with van der Waals surface area (Å²) in [5.41, 5.74) is 5.46. The molecule has 1 nitrogen and oxygen atoms in total. The zero-order valence-electron chi connectivity index (χ0n) is 11.6.